The van der Waals surface area contributed by atoms with E-state index in [1.54, 1.807) is 4.90 Å². The monoisotopic (exact) mass is 329 g/mol. The molecule has 2 atom stereocenters. The molecule has 0 radical (unpaired) electrons. The molecule has 2 aromatic carbocycles. The molecule has 0 saturated heterocycles. The van der Waals surface area contributed by atoms with E-state index in [1.807, 2.05) is 24.3 Å². The van der Waals surface area contributed by atoms with Crippen LogP contribution >= 0.6 is 0 Å². The standard InChI is InChI=1S/C19H17F2NO2/c20-15-5-3-6-16(21)18(15)13-10-14(13)19(23)22-8-9-24-17-7-2-1-4-12(17)11-22/h1-7,13-14H,8-11H2. The van der Waals surface area contributed by atoms with E-state index >= 15 is 0 Å². The molecule has 1 aliphatic carbocycles. The predicted molar refractivity (Wildman–Crippen MR) is 84.6 cm³/mol. The van der Waals surface area contributed by atoms with Crippen LogP contribution in [0.5, 0.6) is 5.75 Å². The Hall–Kier alpha value is -2.43. The zero-order valence-corrected chi connectivity index (χ0v) is 13.0. The number of nitrogens with zero attached hydrogens (tertiary/aromatic N) is 1. The molecule has 0 aromatic heterocycles. The van der Waals surface area contributed by atoms with Gasteiger partial charge in [0, 0.05) is 29.5 Å². The Balaban J connectivity index is 1.52. The smallest absolute Gasteiger partial charge is 0.226 e. The molecule has 24 heavy (non-hydrogen) atoms. The molecular formula is C19H17F2NO2. The third-order valence-electron chi connectivity index (χ3n) is 4.74. The molecule has 2 unspecified atom stereocenters. The van der Waals surface area contributed by atoms with Crippen LogP contribution in [0.15, 0.2) is 42.5 Å². The first-order valence-corrected chi connectivity index (χ1v) is 8.08. The van der Waals surface area contributed by atoms with Crippen LogP contribution in [0, 0.1) is 17.6 Å². The number of benzene rings is 2. The summed E-state index contributed by atoms with van der Waals surface area (Å²) in [6, 6.07) is 11.5. The number of hydrogen-bond acceptors (Lipinski definition) is 2. The summed E-state index contributed by atoms with van der Waals surface area (Å²) in [6.07, 6.45) is 0.496. The van der Waals surface area contributed by atoms with Crippen LogP contribution in [0.4, 0.5) is 8.78 Å². The van der Waals surface area contributed by atoms with Gasteiger partial charge in [0.2, 0.25) is 5.91 Å². The molecule has 1 fully saturated rings. The zero-order chi connectivity index (χ0) is 16.7. The Morgan fingerprint density at radius 3 is 2.62 bits per heavy atom. The van der Waals surface area contributed by atoms with Crippen molar-refractivity contribution in [1.29, 1.82) is 0 Å². The molecule has 3 nitrogen and oxygen atoms in total. The van der Waals surface area contributed by atoms with Crippen LogP contribution in [0.1, 0.15) is 23.5 Å². The van der Waals surface area contributed by atoms with Crippen molar-refractivity contribution < 1.29 is 18.3 Å². The van der Waals surface area contributed by atoms with Gasteiger partial charge in [-0.1, -0.05) is 24.3 Å². The van der Waals surface area contributed by atoms with Crippen molar-refractivity contribution in [3.8, 4) is 5.75 Å². The molecule has 1 saturated carbocycles. The van der Waals surface area contributed by atoms with Gasteiger partial charge >= 0.3 is 0 Å². The number of halogens is 2. The molecule has 0 spiro atoms. The minimum atomic E-state index is -0.570. The van der Waals surface area contributed by atoms with Crippen LogP contribution in [-0.2, 0) is 11.3 Å². The molecular weight excluding hydrogens is 312 g/mol. The average Bonchev–Trinajstić information content (AvgIpc) is 3.36. The SMILES string of the molecule is O=C(C1CC1c1c(F)cccc1F)N1CCOc2ccccc2C1. The average molecular weight is 329 g/mol. The Kier molecular flexibility index (Phi) is 3.71. The number of para-hydroxylation sites is 1. The fourth-order valence-corrected chi connectivity index (χ4v) is 3.40. The highest BCUT2D eigenvalue weighted by Crippen LogP contribution is 2.50. The van der Waals surface area contributed by atoms with Gasteiger partial charge in [-0.3, -0.25) is 4.79 Å². The number of amides is 1. The van der Waals surface area contributed by atoms with Crippen molar-refractivity contribution in [3.05, 3.63) is 65.2 Å². The number of rotatable bonds is 2. The lowest BCUT2D eigenvalue weighted by Gasteiger charge is -2.20. The normalized spacial score (nSPS) is 22.3. The molecule has 1 amide bonds. The van der Waals surface area contributed by atoms with Gasteiger partial charge in [0.25, 0.3) is 0 Å². The highest BCUT2D eigenvalue weighted by atomic mass is 19.1. The number of carbonyl (C=O) groups is 1. The van der Waals surface area contributed by atoms with Crippen LogP contribution in [0.3, 0.4) is 0 Å². The van der Waals surface area contributed by atoms with Gasteiger partial charge in [0.05, 0.1) is 6.54 Å². The van der Waals surface area contributed by atoms with Crippen LogP contribution in [0.25, 0.3) is 0 Å². The first-order chi connectivity index (χ1) is 11.6. The van der Waals surface area contributed by atoms with E-state index in [-0.39, 0.29) is 23.3 Å². The fourth-order valence-electron chi connectivity index (χ4n) is 3.40. The Morgan fingerprint density at radius 1 is 1.08 bits per heavy atom. The Bertz CT molecular complexity index is 772. The fraction of sp³-hybridized carbons (Fsp3) is 0.316. The number of fused-ring (bicyclic) bond motifs is 1. The lowest BCUT2D eigenvalue weighted by molar-refractivity contribution is -0.133. The van der Waals surface area contributed by atoms with E-state index in [2.05, 4.69) is 0 Å². The summed E-state index contributed by atoms with van der Waals surface area (Å²) in [5.74, 6) is -1.11. The molecule has 5 heteroatoms. The Morgan fingerprint density at radius 2 is 1.83 bits per heavy atom. The number of ether oxygens (including phenoxy) is 1. The van der Waals surface area contributed by atoms with Gasteiger partial charge in [-0.25, -0.2) is 8.78 Å². The first-order valence-electron chi connectivity index (χ1n) is 8.08. The predicted octanol–water partition coefficient (Wildman–Crippen LogP) is 3.49. The summed E-state index contributed by atoms with van der Waals surface area (Å²) in [5, 5.41) is 0. The van der Waals surface area contributed by atoms with Crippen molar-refractivity contribution in [2.45, 2.75) is 18.9 Å². The van der Waals surface area contributed by atoms with E-state index < -0.39 is 11.6 Å². The van der Waals surface area contributed by atoms with Crippen molar-refractivity contribution in [2.24, 2.45) is 5.92 Å². The summed E-state index contributed by atoms with van der Waals surface area (Å²) in [6.45, 7) is 1.38. The van der Waals surface area contributed by atoms with Crippen molar-refractivity contribution >= 4 is 5.91 Å². The zero-order valence-electron chi connectivity index (χ0n) is 13.0. The maximum absolute atomic E-state index is 13.9. The second-order valence-corrected chi connectivity index (χ2v) is 6.30. The lowest BCUT2D eigenvalue weighted by Crippen LogP contribution is -2.34. The second kappa shape index (κ2) is 5.89. The molecule has 2 aliphatic rings. The van der Waals surface area contributed by atoms with Crippen molar-refractivity contribution in [3.63, 3.8) is 0 Å². The molecule has 4 rings (SSSR count). The second-order valence-electron chi connectivity index (χ2n) is 6.30. The van der Waals surface area contributed by atoms with Gasteiger partial charge < -0.3 is 9.64 Å². The maximum Gasteiger partial charge on any atom is 0.226 e. The number of carbonyl (C=O) groups excluding carboxylic acids is 1. The summed E-state index contributed by atoms with van der Waals surface area (Å²) < 4.78 is 33.5. The van der Waals surface area contributed by atoms with Gasteiger partial charge in [-0.2, -0.15) is 0 Å². The molecule has 0 bridgehead atoms. The van der Waals surface area contributed by atoms with Gasteiger partial charge in [0.15, 0.2) is 0 Å². The topological polar surface area (TPSA) is 29.5 Å². The van der Waals surface area contributed by atoms with Crippen LogP contribution < -0.4 is 4.74 Å². The first kappa shape index (κ1) is 15.1. The van der Waals surface area contributed by atoms with E-state index in [0.29, 0.717) is 26.1 Å². The largest absolute Gasteiger partial charge is 0.491 e. The summed E-state index contributed by atoms with van der Waals surface area (Å²) >= 11 is 0. The molecule has 1 heterocycles. The third-order valence-corrected chi connectivity index (χ3v) is 4.74. The maximum atomic E-state index is 13.9. The van der Waals surface area contributed by atoms with Crippen molar-refractivity contribution in [2.75, 3.05) is 13.2 Å². The van der Waals surface area contributed by atoms with Crippen LogP contribution in [-0.4, -0.2) is 24.0 Å². The quantitative estimate of drug-likeness (QED) is 0.844. The lowest BCUT2D eigenvalue weighted by atomic mass is 10.1. The Labute approximate surface area is 138 Å². The molecule has 2 aromatic rings. The highest BCUT2D eigenvalue weighted by Gasteiger charge is 2.48. The summed E-state index contributed by atoms with van der Waals surface area (Å²) in [4.78, 5) is 14.5. The number of hydrogen-bond donors (Lipinski definition) is 0. The summed E-state index contributed by atoms with van der Waals surface area (Å²) in [5.41, 5.74) is 1.000. The van der Waals surface area contributed by atoms with E-state index in [0.717, 1.165) is 11.3 Å². The summed E-state index contributed by atoms with van der Waals surface area (Å²) in [7, 11) is 0. The van der Waals surface area contributed by atoms with E-state index in [4.69, 9.17) is 4.74 Å². The van der Waals surface area contributed by atoms with E-state index in [1.165, 1.54) is 18.2 Å². The van der Waals surface area contributed by atoms with Gasteiger partial charge in [-0.05, 0) is 24.6 Å². The van der Waals surface area contributed by atoms with Crippen LogP contribution in [0.2, 0.25) is 0 Å². The third kappa shape index (κ3) is 2.64. The van der Waals surface area contributed by atoms with Crippen molar-refractivity contribution in [1.82, 2.24) is 4.90 Å². The molecule has 124 valence electrons. The minimum Gasteiger partial charge on any atom is -0.491 e. The van der Waals surface area contributed by atoms with Gasteiger partial charge in [-0.15, -0.1) is 0 Å². The molecule has 0 N–H and O–H groups in total. The molecule has 1 aliphatic heterocycles. The minimum absolute atomic E-state index is 0.0438. The van der Waals surface area contributed by atoms with E-state index in [9.17, 15) is 13.6 Å². The highest BCUT2D eigenvalue weighted by molar-refractivity contribution is 5.83. The van der Waals surface area contributed by atoms with Gasteiger partial charge in [0.1, 0.15) is 24.0 Å².